The molecule has 1 amide bonds. The van der Waals surface area contributed by atoms with Crippen molar-refractivity contribution in [3.8, 4) is 11.5 Å². The standard InChI is InChI=1S/C20H19F2NO7S/c1-28-17-11-13(4-10-19(25)29-2)3-9-16(17)30-12-18(24)23-14-5-7-15(8-6-14)31(26,27)20(21)22/h3-11,20H,12H2,1-2H3,(H,23,24)/b10-4+. The van der Waals surface area contributed by atoms with Gasteiger partial charge in [0.1, 0.15) is 0 Å². The average molecular weight is 455 g/mol. The zero-order chi connectivity index (χ0) is 23.0. The summed E-state index contributed by atoms with van der Waals surface area (Å²) in [5.41, 5.74) is 0.843. The predicted molar refractivity (Wildman–Crippen MR) is 108 cm³/mol. The molecule has 0 aliphatic rings. The molecule has 31 heavy (non-hydrogen) atoms. The Kier molecular flexibility index (Phi) is 8.08. The first-order chi connectivity index (χ1) is 14.7. The second-order valence-electron chi connectivity index (χ2n) is 5.93. The van der Waals surface area contributed by atoms with Crippen LogP contribution in [0.5, 0.6) is 11.5 Å². The molecule has 8 nitrogen and oxygen atoms in total. The molecular weight excluding hydrogens is 436 g/mol. The van der Waals surface area contributed by atoms with Crippen LogP contribution in [0.3, 0.4) is 0 Å². The van der Waals surface area contributed by atoms with Crippen molar-refractivity contribution in [1.29, 1.82) is 0 Å². The zero-order valence-electron chi connectivity index (χ0n) is 16.5. The quantitative estimate of drug-likeness (QED) is 0.458. The number of anilines is 1. The van der Waals surface area contributed by atoms with Crippen LogP contribution in [0.2, 0.25) is 0 Å². The molecule has 166 valence electrons. The molecule has 0 spiro atoms. The second kappa shape index (κ2) is 10.5. The maximum Gasteiger partial charge on any atom is 0.341 e. The summed E-state index contributed by atoms with van der Waals surface area (Å²) < 4.78 is 63.0. The highest BCUT2D eigenvalue weighted by Crippen LogP contribution is 2.28. The maximum absolute atomic E-state index is 12.5. The summed E-state index contributed by atoms with van der Waals surface area (Å²) in [7, 11) is -2.04. The number of benzene rings is 2. The van der Waals surface area contributed by atoms with Gasteiger partial charge in [0.25, 0.3) is 5.91 Å². The Morgan fingerprint density at radius 1 is 1.06 bits per heavy atom. The molecule has 1 N–H and O–H groups in total. The first-order valence-corrected chi connectivity index (χ1v) is 10.2. The summed E-state index contributed by atoms with van der Waals surface area (Å²) in [6, 6.07) is 9.11. The van der Waals surface area contributed by atoms with Gasteiger partial charge >= 0.3 is 11.7 Å². The van der Waals surface area contributed by atoms with Crippen molar-refractivity contribution in [3.05, 3.63) is 54.1 Å². The molecular formula is C20H19F2NO7S. The van der Waals surface area contributed by atoms with Crippen molar-refractivity contribution < 1.29 is 41.0 Å². The molecule has 0 unspecified atom stereocenters. The van der Waals surface area contributed by atoms with Gasteiger partial charge in [-0.2, -0.15) is 8.78 Å². The van der Waals surface area contributed by atoms with E-state index < -0.39 is 39.0 Å². The lowest BCUT2D eigenvalue weighted by Gasteiger charge is -2.12. The lowest BCUT2D eigenvalue weighted by atomic mass is 10.2. The molecule has 0 saturated heterocycles. The van der Waals surface area contributed by atoms with Gasteiger partial charge < -0.3 is 19.5 Å². The summed E-state index contributed by atoms with van der Waals surface area (Å²) in [6.07, 6.45) is 2.75. The average Bonchev–Trinajstić information content (AvgIpc) is 2.76. The fourth-order valence-corrected chi connectivity index (χ4v) is 3.03. The summed E-state index contributed by atoms with van der Waals surface area (Å²) in [6.45, 7) is -0.398. The van der Waals surface area contributed by atoms with Crippen LogP contribution in [0.1, 0.15) is 5.56 Å². The summed E-state index contributed by atoms with van der Waals surface area (Å²) in [5.74, 6) is -4.02. The number of methoxy groups -OCH3 is 2. The summed E-state index contributed by atoms with van der Waals surface area (Å²) >= 11 is 0. The van der Waals surface area contributed by atoms with E-state index in [0.29, 0.717) is 11.3 Å². The second-order valence-corrected chi connectivity index (χ2v) is 7.85. The van der Waals surface area contributed by atoms with E-state index in [9.17, 15) is 26.8 Å². The minimum atomic E-state index is -4.71. The lowest BCUT2D eigenvalue weighted by molar-refractivity contribution is -0.134. The SMILES string of the molecule is COC(=O)/C=C/c1ccc(OCC(=O)Nc2ccc(S(=O)(=O)C(F)F)cc2)c(OC)c1. The van der Waals surface area contributed by atoms with Crippen LogP contribution in [0.4, 0.5) is 14.5 Å². The third-order valence-electron chi connectivity index (χ3n) is 3.86. The van der Waals surface area contributed by atoms with Gasteiger partial charge in [0.05, 0.1) is 19.1 Å². The Morgan fingerprint density at radius 3 is 2.32 bits per heavy atom. The molecule has 0 aliphatic carbocycles. The largest absolute Gasteiger partial charge is 0.493 e. The van der Waals surface area contributed by atoms with Crippen molar-refractivity contribution in [1.82, 2.24) is 0 Å². The number of sulfone groups is 1. The van der Waals surface area contributed by atoms with Crippen LogP contribution in [0.15, 0.2) is 53.4 Å². The topological polar surface area (TPSA) is 108 Å². The van der Waals surface area contributed by atoms with Gasteiger partial charge in [0, 0.05) is 11.8 Å². The number of hydrogen-bond donors (Lipinski definition) is 1. The molecule has 0 aliphatic heterocycles. The first kappa shape index (κ1) is 23.8. The number of rotatable bonds is 9. The highest BCUT2D eigenvalue weighted by Gasteiger charge is 2.26. The molecule has 0 radical (unpaired) electrons. The lowest BCUT2D eigenvalue weighted by Crippen LogP contribution is -2.20. The normalized spacial score (nSPS) is 11.4. The van der Waals surface area contributed by atoms with Crippen LogP contribution in [-0.2, 0) is 24.2 Å². The monoisotopic (exact) mass is 455 g/mol. The first-order valence-electron chi connectivity index (χ1n) is 8.66. The van der Waals surface area contributed by atoms with E-state index in [1.807, 2.05) is 0 Å². The molecule has 2 aromatic rings. The molecule has 0 heterocycles. The van der Waals surface area contributed by atoms with E-state index in [4.69, 9.17) is 9.47 Å². The van der Waals surface area contributed by atoms with Crippen molar-refractivity contribution in [3.63, 3.8) is 0 Å². The van der Waals surface area contributed by atoms with E-state index in [-0.39, 0.29) is 11.4 Å². The number of halogens is 2. The van der Waals surface area contributed by atoms with Crippen molar-refractivity contribution in [2.45, 2.75) is 10.7 Å². The number of ether oxygens (including phenoxy) is 3. The van der Waals surface area contributed by atoms with Crippen LogP contribution in [0, 0.1) is 0 Å². The number of carbonyl (C=O) groups excluding carboxylic acids is 2. The Balaban J connectivity index is 1.99. The maximum atomic E-state index is 12.5. The number of nitrogens with one attached hydrogen (secondary N) is 1. The molecule has 11 heteroatoms. The number of carbonyl (C=O) groups is 2. The summed E-state index contributed by atoms with van der Waals surface area (Å²) in [5, 5.41) is 2.46. The molecule has 0 saturated carbocycles. The number of amides is 1. The third kappa shape index (κ3) is 6.51. The van der Waals surface area contributed by atoms with Gasteiger partial charge in [-0.15, -0.1) is 0 Å². The summed E-state index contributed by atoms with van der Waals surface area (Å²) in [4.78, 5) is 22.7. The Morgan fingerprint density at radius 2 is 1.74 bits per heavy atom. The molecule has 0 fully saturated rings. The van der Waals surface area contributed by atoms with Crippen LogP contribution in [-0.4, -0.2) is 46.9 Å². The molecule has 2 aromatic carbocycles. The van der Waals surface area contributed by atoms with Crippen molar-refractivity contribution in [2.24, 2.45) is 0 Å². The number of esters is 1. The van der Waals surface area contributed by atoms with Gasteiger partial charge in [-0.05, 0) is 48.0 Å². The Labute approximate surface area is 177 Å². The van der Waals surface area contributed by atoms with E-state index in [2.05, 4.69) is 10.1 Å². The minimum Gasteiger partial charge on any atom is -0.493 e. The fourth-order valence-electron chi connectivity index (χ4n) is 2.31. The highest BCUT2D eigenvalue weighted by molar-refractivity contribution is 7.91. The van der Waals surface area contributed by atoms with Gasteiger partial charge in [-0.25, -0.2) is 13.2 Å². The fraction of sp³-hybridized carbons (Fsp3) is 0.200. The zero-order valence-corrected chi connectivity index (χ0v) is 17.3. The van der Waals surface area contributed by atoms with E-state index >= 15 is 0 Å². The van der Waals surface area contributed by atoms with E-state index in [0.717, 1.165) is 12.1 Å². The third-order valence-corrected chi connectivity index (χ3v) is 5.26. The van der Waals surface area contributed by atoms with Crippen LogP contribution < -0.4 is 14.8 Å². The molecule has 2 rings (SSSR count). The van der Waals surface area contributed by atoms with Crippen molar-refractivity contribution in [2.75, 3.05) is 26.1 Å². The molecule has 0 bridgehead atoms. The number of alkyl halides is 2. The van der Waals surface area contributed by atoms with Gasteiger partial charge in [-0.1, -0.05) is 6.07 Å². The van der Waals surface area contributed by atoms with E-state index in [1.165, 1.54) is 38.5 Å². The van der Waals surface area contributed by atoms with Gasteiger partial charge in [0.2, 0.25) is 9.84 Å². The van der Waals surface area contributed by atoms with Crippen LogP contribution >= 0.6 is 0 Å². The number of hydrogen-bond acceptors (Lipinski definition) is 7. The van der Waals surface area contributed by atoms with Gasteiger partial charge in [-0.3, -0.25) is 4.79 Å². The van der Waals surface area contributed by atoms with E-state index in [1.54, 1.807) is 18.2 Å². The smallest absolute Gasteiger partial charge is 0.341 e. The molecule has 0 aromatic heterocycles. The predicted octanol–water partition coefficient (Wildman–Crippen LogP) is 2.90. The minimum absolute atomic E-state index is 0.206. The Hall–Kier alpha value is -3.47. The Bertz CT molecular complexity index is 1070. The van der Waals surface area contributed by atoms with Crippen LogP contribution in [0.25, 0.3) is 6.08 Å². The van der Waals surface area contributed by atoms with Gasteiger partial charge in [0.15, 0.2) is 18.1 Å². The van der Waals surface area contributed by atoms with Crippen molar-refractivity contribution >= 4 is 33.5 Å². The highest BCUT2D eigenvalue weighted by atomic mass is 32.2. The molecule has 0 atom stereocenters.